The zero-order valence-corrected chi connectivity index (χ0v) is 24.7. The van der Waals surface area contributed by atoms with E-state index in [0.717, 1.165) is 0 Å². The van der Waals surface area contributed by atoms with Crippen LogP contribution in [0.3, 0.4) is 0 Å². The molecule has 0 fully saturated rings. The maximum Gasteiger partial charge on any atom is 0.407 e. The van der Waals surface area contributed by atoms with Crippen LogP contribution in [0.15, 0.2) is 0 Å². The van der Waals surface area contributed by atoms with E-state index in [1.54, 1.807) is 62.3 Å². The first kappa shape index (κ1) is 35.2. The molecule has 0 rings (SSSR count). The fourth-order valence-electron chi connectivity index (χ4n) is 3.74. The van der Waals surface area contributed by atoms with Gasteiger partial charge in [0.05, 0.1) is 0 Å². The third-order valence-corrected chi connectivity index (χ3v) is 5.12. The summed E-state index contributed by atoms with van der Waals surface area (Å²) in [4.78, 5) is 50.4. The van der Waals surface area contributed by atoms with Crippen molar-refractivity contribution in [3.63, 3.8) is 0 Å². The topological polar surface area (TPSA) is 172 Å². The molecular formula is C26H51N5O7. The monoisotopic (exact) mass is 545 g/mol. The predicted octanol–water partition coefficient (Wildman–Crippen LogP) is 3.58. The van der Waals surface area contributed by atoms with Gasteiger partial charge in [0.1, 0.15) is 11.2 Å². The largest absolute Gasteiger partial charge is 0.465 e. The van der Waals surface area contributed by atoms with Crippen molar-refractivity contribution in [2.24, 2.45) is 5.73 Å². The molecule has 0 saturated carbocycles. The summed E-state index contributed by atoms with van der Waals surface area (Å²) < 4.78 is 10.6. The molecule has 0 aliphatic rings. The Morgan fingerprint density at radius 1 is 0.842 bits per heavy atom. The second-order valence-electron chi connectivity index (χ2n) is 12.3. The Morgan fingerprint density at radius 3 is 1.87 bits per heavy atom. The lowest BCUT2D eigenvalue weighted by atomic mass is 9.98. The number of rotatable bonds is 13. The van der Waals surface area contributed by atoms with Gasteiger partial charge < -0.3 is 41.2 Å². The molecule has 0 unspecified atom stereocenters. The van der Waals surface area contributed by atoms with E-state index >= 15 is 0 Å². The van der Waals surface area contributed by atoms with Crippen LogP contribution < -0.4 is 21.7 Å². The average Bonchev–Trinajstić information content (AvgIpc) is 2.69. The van der Waals surface area contributed by atoms with Crippen LogP contribution in [0.1, 0.15) is 94.4 Å². The minimum absolute atomic E-state index is 0.0388. The van der Waals surface area contributed by atoms with Gasteiger partial charge in [-0.15, -0.1) is 0 Å². The van der Waals surface area contributed by atoms with Crippen LogP contribution in [0.2, 0.25) is 0 Å². The lowest BCUT2D eigenvalue weighted by Gasteiger charge is -2.39. The maximum absolute atomic E-state index is 12.9. The highest BCUT2D eigenvalue weighted by molar-refractivity contribution is 5.78. The molecule has 12 heteroatoms. The number of carbonyl (C=O) groups is 4. The summed E-state index contributed by atoms with van der Waals surface area (Å²) in [5.41, 5.74) is 3.63. The molecule has 0 bridgehead atoms. The molecule has 0 saturated heterocycles. The first-order chi connectivity index (χ1) is 17.2. The fraction of sp³-hybridized carbons (Fsp3) is 0.846. The molecule has 6 N–H and O–H groups in total. The lowest BCUT2D eigenvalue weighted by molar-refractivity contribution is -0.122. The van der Waals surface area contributed by atoms with E-state index in [1.165, 1.54) is 4.90 Å². The van der Waals surface area contributed by atoms with Gasteiger partial charge in [-0.25, -0.2) is 14.4 Å². The van der Waals surface area contributed by atoms with Crippen molar-refractivity contribution in [1.82, 2.24) is 20.9 Å². The minimum Gasteiger partial charge on any atom is -0.465 e. The number of hydrogen-bond donors (Lipinski definition) is 5. The molecular weight excluding hydrogens is 494 g/mol. The fourth-order valence-corrected chi connectivity index (χ4v) is 3.74. The summed E-state index contributed by atoms with van der Waals surface area (Å²) in [6.07, 6.45) is -0.331. The van der Waals surface area contributed by atoms with Gasteiger partial charge in [0.15, 0.2) is 0 Å². The first-order valence-electron chi connectivity index (χ1n) is 13.2. The first-order valence-corrected chi connectivity index (χ1v) is 13.2. The SMILES string of the molecule is CC(C)(C)OC(=O)NCCC[C@H](CNC(=O)C[C@H](CCCN)N(C(=O)O)C(C)(C)C)NC(=O)OC(C)(C)C. The van der Waals surface area contributed by atoms with Crippen molar-refractivity contribution < 1.29 is 33.8 Å². The van der Waals surface area contributed by atoms with Gasteiger partial charge in [0.25, 0.3) is 0 Å². The number of carbonyl (C=O) groups excluding carboxylic acids is 3. The standard InChI is InChI=1S/C26H51N5O7/c1-24(2,3)31(23(35)36)19(13-10-14-27)16-20(32)29-17-18(30-22(34)38-26(7,8)9)12-11-15-28-21(33)37-25(4,5)6/h18-19H,10-17,27H2,1-9H3,(H,28,33)(H,29,32)(H,30,34)(H,35,36)/t18-,19+/m1/s1. The van der Waals surface area contributed by atoms with Gasteiger partial charge in [-0.2, -0.15) is 0 Å². The lowest BCUT2D eigenvalue weighted by Crippen LogP contribution is -2.53. The van der Waals surface area contributed by atoms with Crippen LogP contribution in [-0.4, -0.2) is 82.7 Å². The molecule has 0 heterocycles. The Morgan fingerprint density at radius 2 is 1.39 bits per heavy atom. The zero-order chi connectivity index (χ0) is 29.7. The van der Waals surface area contributed by atoms with Crippen LogP contribution in [-0.2, 0) is 14.3 Å². The van der Waals surface area contributed by atoms with Crippen LogP contribution in [0.5, 0.6) is 0 Å². The second-order valence-corrected chi connectivity index (χ2v) is 12.3. The van der Waals surface area contributed by atoms with Gasteiger partial charge in [0.2, 0.25) is 5.91 Å². The van der Waals surface area contributed by atoms with E-state index in [0.29, 0.717) is 38.8 Å². The van der Waals surface area contributed by atoms with Crippen LogP contribution in [0.25, 0.3) is 0 Å². The highest BCUT2D eigenvalue weighted by Gasteiger charge is 2.34. The molecule has 0 spiro atoms. The number of amides is 4. The third-order valence-electron chi connectivity index (χ3n) is 5.12. The third kappa shape index (κ3) is 16.9. The van der Waals surface area contributed by atoms with E-state index in [9.17, 15) is 24.3 Å². The van der Waals surface area contributed by atoms with Gasteiger partial charge in [0, 0.05) is 37.1 Å². The van der Waals surface area contributed by atoms with E-state index in [-0.39, 0.29) is 18.9 Å². The molecule has 4 amide bonds. The molecule has 0 aromatic heterocycles. The molecule has 12 nitrogen and oxygen atoms in total. The maximum atomic E-state index is 12.9. The molecule has 0 aliphatic heterocycles. The number of nitrogens with zero attached hydrogens (tertiary/aromatic N) is 1. The van der Waals surface area contributed by atoms with E-state index in [4.69, 9.17) is 15.2 Å². The van der Waals surface area contributed by atoms with Gasteiger partial charge in [-0.05, 0) is 94.5 Å². The molecule has 0 aliphatic carbocycles. The predicted molar refractivity (Wildman–Crippen MR) is 146 cm³/mol. The highest BCUT2D eigenvalue weighted by Crippen LogP contribution is 2.22. The minimum atomic E-state index is -1.10. The normalized spacial score (nSPS) is 13.6. The molecule has 0 aromatic rings. The number of carboxylic acid groups (broad SMARTS) is 1. The number of nitrogens with one attached hydrogen (secondary N) is 3. The van der Waals surface area contributed by atoms with Crippen LogP contribution in [0.4, 0.5) is 14.4 Å². The molecule has 38 heavy (non-hydrogen) atoms. The van der Waals surface area contributed by atoms with Crippen LogP contribution in [0, 0.1) is 0 Å². The second kappa shape index (κ2) is 15.6. The van der Waals surface area contributed by atoms with Crippen molar-refractivity contribution in [3.05, 3.63) is 0 Å². The smallest absolute Gasteiger partial charge is 0.407 e. The van der Waals surface area contributed by atoms with E-state index in [1.807, 2.05) is 0 Å². The Labute approximate surface area is 227 Å². The van der Waals surface area contributed by atoms with Crippen LogP contribution >= 0.6 is 0 Å². The summed E-state index contributed by atoms with van der Waals surface area (Å²) >= 11 is 0. The molecule has 0 aromatic carbocycles. The van der Waals surface area contributed by atoms with Gasteiger partial charge >= 0.3 is 18.3 Å². The number of nitrogens with two attached hydrogens (primary N) is 1. The Bertz CT molecular complexity index is 769. The molecule has 222 valence electrons. The van der Waals surface area contributed by atoms with E-state index in [2.05, 4.69) is 16.0 Å². The van der Waals surface area contributed by atoms with Gasteiger partial charge in [-0.1, -0.05) is 0 Å². The summed E-state index contributed by atoms with van der Waals surface area (Å²) in [5, 5.41) is 18.0. The highest BCUT2D eigenvalue weighted by atomic mass is 16.6. The summed E-state index contributed by atoms with van der Waals surface area (Å²) in [6.45, 7) is 16.7. The number of ether oxygens (including phenoxy) is 2. The van der Waals surface area contributed by atoms with Crippen molar-refractivity contribution in [2.45, 2.75) is 123 Å². The summed E-state index contributed by atoms with van der Waals surface area (Å²) in [5.74, 6) is -0.342. The van der Waals surface area contributed by atoms with Crippen molar-refractivity contribution in [3.8, 4) is 0 Å². The quantitative estimate of drug-likeness (QED) is 0.218. The van der Waals surface area contributed by atoms with E-state index < -0.39 is 47.1 Å². The summed E-state index contributed by atoms with van der Waals surface area (Å²) in [6, 6.07) is -1.03. The number of hydrogen-bond acceptors (Lipinski definition) is 7. The van der Waals surface area contributed by atoms with Gasteiger partial charge in [-0.3, -0.25) is 4.79 Å². The summed E-state index contributed by atoms with van der Waals surface area (Å²) in [7, 11) is 0. The molecule has 0 radical (unpaired) electrons. The van der Waals surface area contributed by atoms with Crippen molar-refractivity contribution >= 4 is 24.2 Å². The Kier molecular flexibility index (Phi) is 14.5. The Hall–Kier alpha value is -2.76. The Balaban J connectivity index is 5.22. The van der Waals surface area contributed by atoms with Crippen molar-refractivity contribution in [2.75, 3.05) is 19.6 Å². The number of alkyl carbamates (subject to hydrolysis) is 2. The molecule has 2 atom stereocenters. The van der Waals surface area contributed by atoms with Crippen molar-refractivity contribution in [1.29, 1.82) is 0 Å². The average molecular weight is 546 g/mol. The zero-order valence-electron chi connectivity index (χ0n) is 24.7.